The summed E-state index contributed by atoms with van der Waals surface area (Å²) >= 11 is 6.28. The third kappa shape index (κ3) is 2.17. The maximum atomic E-state index is 4.23. The van der Waals surface area contributed by atoms with Crippen LogP contribution in [0.25, 0.3) is 0 Å². The minimum absolute atomic E-state index is 0.903. The van der Waals surface area contributed by atoms with Crippen molar-refractivity contribution in [3.63, 3.8) is 0 Å². The van der Waals surface area contributed by atoms with Crippen molar-refractivity contribution in [2.45, 2.75) is 16.6 Å². The van der Waals surface area contributed by atoms with Gasteiger partial charge in [0, 0.05) is 15.9 Å². The zero-order valence-corrected chi connectivity index (χ0v) is 7.87. The second-order valence-electron chi connectivity index (χ2n) is 2.83. The van der Waals surface area contributed by atoms with Crippen molar-refractivity contribution in [2.75, 3.05) is 5.75 Å². The SMILES string of the molecule is Sc1ccc(CC2CS2)cc1. The van der Waals surface area contributed by atoms with Gasteiger partial charge in [-0.25, -0.2) is 0 Å². The molecule has 0 nitrogen and oxygen atoms in total. The minimum atomic E-state index is 0.903. The lowest BCUT2D eigenvalue weighted by atomic mass is 10.1. The van der Waals surface area contributed by atoms with Crippen LogP contribution in [0.3, 0.4) is 0 Å². The van der Waals surface area contributed by atoms with Gasteiger partial charge in [-0.2, -0.15) is 11.8 Å². The van der Waals surface area contributed by atoms with E-state index in [0.717, 1.165) is 10.1 Å². The topological polar surface area (TPSA) is 0 Å². The van der Waals surface area contributed by atoms with Crippen molar-refractivity contribution < 1.29 is 0 Å². The zero-order chi connectivity index (χ0) is 7.68. The summed E-state index contributed by atoms with van der Waals surface area (Å²) in [4.78, 5) is 1.05. The maximum Gasteiger partial charge on any atom is 0.0179 e. The van der Waals surface area contributed by atoms with Gasteiger partial charge in [-0.1, -0.05) is 12.1 Å². The molecule has 1 aromatic rings. The summed E-state index contributed by atoms with van der Waals surface area (Å²) in [5, 5.41) is 0.903. The van der Waals surface area contributed by atoms with Gasteiger partial charge >= 0.3 is 0 Å². The molecule has 0 aromatic heterocycles. The lowest BCUT2D eigenvalue weighted by Gasteiger charge is -1.97. The summed E-state index contributed by atoms with van der Waals surface area (Å²) in [7, 11) is 0. The molecule has 2 heteroatoms. The number of rotatable bonds is 2. The Morgan fingerprint density at radius 1 is 1.36 bits per heavy atom. The number of hydrogen-bond acceptors (Lipinski definition) is 2. The highest BCUT2D eigenvalue weighted by Crippen LogP contribution is 2.33. The molecule has 1 aromatic carbocycles. The summed E-state index contributed by atoms with van der Waals surface area (Å²) in [6, 6.07) is 8.46. The van der Waals surface area contributed by atoms with Gasteiger partial charge in [0.25, 0.3) is 0 Å². The van der Waals surface area contributed by atoms with Crippen molar-refractivity contribution in [1.82, 2.24) is 0 Å². The Hall–Kier alpha value is -0.0800. The molecule has 0 spiro atoms. The lowest BCUT2D eigenvalue weighted by Crippen LogP contribution is -1.90. The van der Waals surface area contributed by atoms with Crippen LogP contribution in [0.15, 0.2) is 29.2 Å². The summed E-state index contributed by atoms with van der Waals surface area (Å²) < 4.78 is 0. The van der Waals surface area contributed by atoms with E-state index in [2.05, 4.69) is 36.9 Å². The van der Waals surface area contributed by atoms with Gasteiger partial charge in [0.1, 0.15) is 0 Å². The Morgan fingerprint density at radius 2 is 2.00 bits per heavy atom. The predicted molar refractivity (Wildman–Crippen MR) is 53.6 cm³/mol. The van der Waals surface area contributed by atoms with Crippen molar-refractivity contribution >= 4 is 24.4 Å². The lowest BCUT2D eigenvalue weighted by molar-refractivity contribution is 1.02. The van der Waals surface area contributed by atoms with Crippen LogP contribution in [0.5, 0.6) is 0 Å². The molecule has 1 aliphatic rings. The third-order valence-electron chi connectivity index (χ3n) is 1.80. The molecule has 1 heterocycles. The van der Waals surface area contributed by atoms with Crippen molar-refractivity contribution in [3.05, 3.63) is 29.8 Å². The molecule has 1 atom stereocenters. The fraction of sp³-hybridized carbons (Fsp3) is 0.333. The predicted octanol–water partition coefficient (Wildman–Crippen LogP) is 2.63. The molecule has 1 aliphatic heterocycles. The minimum Gasteiger partial charge on any atom is -0.156 e. The van der Waals surface area contributed by atoms with Gasteiger partial charge in [-0.15, -0.1) is 12.6 Å². The third-order valence-corrected chi connectivity index (χ3v) is 3.07. The van der Waals surface area contributed by atoms with Crippen LogP contribution < -0.4 is 0 Å². The van der Waals surface area contributed by atoms with E-state index in [4.69, 9.17) is 0 Å². The Bertz CT molecular complexity index is 236. The number of hydrogen-bond donors (Lipinski definition) is 1. The molecule has 1 fully saturated rings. The van der Waals surface area contributed by atoms with Crippen LogP contribution in [0.4, 0.5) is 0 Å². The van der Waals surface area contributed by atoms with Gasteiger partial charge in [0.15, 0.2) is 0 Å². The molecule has 58 valence electrons. The Morgan fingerprint density at radius 3 is 2.55 bits per heavy atom. The van der Waals surface area contributed by atoms with E-state index >= 15 is 0 Å². The largest absolute Gasteiger partial charge is 0.156 e. The van der Waals surface area contributed by atoms with Gasteiger partial charge in [0.05, 0.1) is 0 Å². The highest BCUT2D eigenvalue weighted by atomic mass is 32.2. The van der Waals surface area contributed by atoms with E-state index in [1.165, 1.54) is 17.7 Å². The Labute approximate surface area is 76.8 Å². The van der Waals surface area contributed by atoms with E-state index in [-0.39, 0.29) is 0 Å². The zero-order valence-electron chi connectivity index (χ0n) is 6.16. The number of thiol groups is 1. The molecule has 2 rings (SSSR count). The van der Waals surface area contributed by atoms with E-state index in [0.29, 0.717) is 0 Å². The van der Waals surface area contributed by atoms with E-state index in [9.17, 15) is 0 Å². The molecule has 1 saturated heterocycles. The Balaban J connectivity index is 2.06. The average molecular weight is 182 g/mol. The normalized spacial score (nSPS) is 21.7. The van der Waals surface area contributed by atoms with Crippen LogP contribution in [-0.2, 0) is 6.42 Å². The second kappa shape index (κ2) is 3.11. The molecule has 0 N–H and O–H groups in total. The summed E-state index contributed by atoms with van der Waals surface area (Å²) in [5.74, 6) is 1.35. The standard InChI is InChI=1S/C9H10S2/c10-8-3-1-7(2-4-8)5-9-6-11-9/h1-4,9-10H,5-6H2. The Kier molecular flexibility index (Phi) is 2.14. The van der Waals surface area contributed by atoms with Crippen LogP contribution in [0, 0.1) is 0 Å². The van der Waals surface area contributed by atoms with Crippen molar-refractivity contribution in [1.29, 1.82) is 0 Å². The van der Waals surface area contributed by atoms with Gasteiger partial charge in [-0.05, 0) is 24.1 Å². The molecular formula is C9H10S2. The number of benzene rings is 1. The van der Waals surface area contributed by atoms with Gasteiger partial charge in [-0.3, -0.25) is 0 Å². The van der Waals surface area contributed by atoms with Gasteiger partial charge < -0.3 is 0 Å². The second-order valence-corrected chi connectivity index (χ2v) is 4.68. The van der Waals surface area contributed by atoms with Crippen LogP contribution in [0.1, 0.15) is 5.56 Å². The highest BCUT2D eigenvalue weighted by Gasteiger charge is 2.21. The van der Waals surface area contributed by atoms with Crippen molar-refractivity contribution in [3.8, 4) is 0 Å². The van der Waals surface area contributed by atoms with Crippen molar-refractivity contribution in [2.24, 2.45) is 0 Å². The maximum absolute atomic E-state index is 4.23. The van der Waals surface area contributed by atoms with E-state index < -0.39 is 0 Å². The summed E-state index contributed by atoms with van der Waals surface area (Å²) in [6.07, 6.45) is 1.23. The first-order valence-corrected chi connectivity index (χ1v) is 5.24. The number of thioether (sulfide) groups is 1. The summed E-state index contributed by atoms with van der Waals surface area (Å²) in [5.41, 5.74) is 1.44. The fourth-order valence-corrected chi connectivity index (χ4v) is 1.79. The molecule has 1 unspecified atom stereocenters. The highest BCUT2D eigenvalue weighted by molar-refractivity contribution is 8.06. The summed E-state index contributed by atoms with van der Waals surface area (Å²) in [6.45, 7) is 0. The smallest absolute Gasteiger partial charge is 0.0179 e. The van der Waals surface area contributed by atoms with Crippen LogP contribution >= 0.6 is 24.4 Å². The first kappa shape index (κ1) is 7.56. The van der Waals surface area contributed by atoms with E-state index in [1.54, 1.807) is 0 Å². The van der Waals surface area contributed by atoms with E-state index in [1.807, 2.05) is 11.8 Å². The molecule has 0 saturated carbocycles. The molecule has 11 heavy (non-hydrogen) atoms. The molecule has 0 amide bonds. The van der Waals surface area contributed by atoms with Crippen LogP contribution in [0.2, 0.25) is 0 Å². The molecule has 0 radical (unpaired) electrons. The molecule has 0 aliphatic carbocycles. The average Bonchev–Trinajstić information content (AvgIpc) is 2.78. The quantitative estimate of drug-likeness (QED) is 0.542. The molecule has 0 bridgehead atoms. The monoisotopic (exact) mass is 182 g/mol. The fourth-order valence-electron chi connectivity index (χ4n) is 1.08. The first-order valence-electron chi connectivity index (χ1n) is 3.74. The van der Waals surface area contributed by atoms with Gasteiger partial charge in [0.2, 0.25) is 0 Å². The molecular weight excluding hydrogens is 172 g/mol. The first-order chi connectivity index (χ1) is 5.34. The van der Waals surface area contributed by atoms with Crippen LogP contribution in [-0.4, -0.2) is 11.0 Å².